The third-order valence-electron chi connectivity index (χ3n) is 2.81. The summed E-state index contributed by atoms with van der Waals surface area (Å²) in [5.74, 6) is 0.487. The maximum absolute atomic E-state index is 12.2. The number of nitrogens with zero attached hydrogens (tertiary/aromatic N) is 1. The summed E-state index contributed by atoms with van der Waals surface area (Å²) in [6.45, 7) is 1.77. The van der Waals surface area contributed by atoms with E-state index in [4.69, 9.17) is 4.74 Å². The number of hydrogen-bond acceptors (Lipinski definition) is 5. The van der Waals surface area contributed by atoms with Gasteiger partial charge in [-0.1, -0.05) is 6.07 Å². The average molecular weight is 275 g/mol. The average Bonchev–Trinajstić information content (AvgIpc) is 2.97. The summed E-state index contributed by atoms with van der Waals surface area (Å²) < 4.78 is 5.58. The molecule has 98 valence electrons. The van der Waals surface area contributed by atoms with Gasteiger partial charge in [0.2, 0.25) is 0 Å². The standard InChI is InChI=1S/C13H13N3O2S/c17-13(16-8-11-15-5-7-19-11)9-2-1-3-10-12(9)18-6-4-14-10/h1-3,5,7,14H,4,6,8H2,(H,16,17). The Kier molecular flexibility index (Phi) is 3.33. The lowest BCUT2D eigenvalue weighted by molar-refractivity contribution is 0.0946. The number of ether oxygens (including phenoxy) is 1. The van der Waals surface area contributed by atoms with Crippen LogP contribution in [0.2, 0.25) is 0 Å². The van der Waals surface area contributed by atoms with Gasteiger partial charge in [0.25, 0.3) is 5.91 Å². The highest BCUT2D eigenvalue weighted by molar-refractivity contribution is 7.09. The third-order valence-corrected chi connectivity index (χ3v) is 3.59. The SMILES string of the molecule is O=C(NCc1nccs1)c1cccc2c1OCCN2. The van der Waals surface area contributed by atoms with Crippen LogP contribution < -0.4 is 15.4 Å². The first-order valence-corrected chi connectivity index (χ1v) is 6.89. The minimum Gasteiger partial charge on any atom is -0.489 e. The molecule has 2 aromatic rings. The summed E-state index contributed by atoms with van der Waals surface area (Å²) >= 11 is 1.52. The number of nitrogens with one attached hydrogen (secondary N) is 2. The fraction of sp³-hybridized carbons (Fsp3) is 0.231. The molecular formula is C13H13N3O2S. The fourth-order valence-electron chi connectivity index (χ4n) is 1.94. The fourth-order valence-corrected chi connectivity index (χ4v) is 2.50. The van der Waals surface area contributed by atoms with E-state index >= 15 is 0 Å². The van der Waals surface area contributed by atoms with E-state index in [-0.39, 0.29) is 5.91 Å². The van der Waals surface area contributed by atoms with Crippen molar-refractivity contribution in [2.45, 2.75) is 6.54 Å². The number of benzene rings is 1. The van der Waals surface area contributed by atoms with E-state index < -0.39 is 0 Å². The second-order valence-corrected chi connectivity index (χ2v) is 5.05. The molecule has 1 aromatic heterocycles. The number of rotatable bonds is 3. The van der Waals surface area contributed by atoms with Crippen molar-refractivity contribution in [2.24, 2.45) is 0 Å². The van der Waals surface area contributed by atoms with Crippen LogP contribution in [0, 0.1) is 0 Å². The van der Waals surface area contributed by atoms with Crippen molar-refractivity contribution in [3.8, 4) is 5.75 Å². The van der Waals surface area contributed by atoms with Gasteiger partial charge in [0.15, 0.2) is 5.75 Å². The molecule has 0 radical (unpaired) electrons. The molecule has 0 spiro atoms. The van der Waals surface area contributed by atoms with Crippen molar-refractivity contribution in [2.75, 3.05) is 18.5 Å². The van der Waals surface area contributed by atoms with Crippen molar-refractivity contribution in [3.63, 3.8) is 0 Å². The number of fused-ring (bicyclic) bond motifs is 1. The molecular weight excluding hydrogens is 262 g/mol. The molecule has 0 fully saturated rings. The van der Waals surface area contributed by atoms with Crippen LogP contribution in [-0.2, 0) is 6.54 Å². The van der Waals surface area contributed by atoms with Gasteiger partial charge in [-0.05, 0) is 12.1 Å². The molecule has 0 aliphatic carbocycles. The van der Waals surface area contributed by atoms with E-state index in [0.717, 1.165) is 17.2 Å². The van der Waals surface area contributed by atoms with Crippen molar-refractivity contribution >= 4 is 22.9 Å². The van der Waals surface area contributed by atoms with E-state index in [0.29, 0.717) is 24.5 Å². The molecule has 1 aromatic carbocycles. The number of aromatic nitrogens is 1. The molecule has 1 amide bonds. The van der Waals surface area contributed by atoms with Gasteiger partial charge in [0, 0.05) is 18.1 Å². The van der Waals surface area contributed by atoms with Gasteiger partial charge >= 0.3 is 0 Å². The predicted molar refractivity (Wildman–Crippen MR) is 73.7 cm³/mol. The summed E-state index contributed by atoms with van der Waals surface area (Å²) in [7, 11) is 0. The zero-order chi connectivity index (χ0) is 13.1. The van der Waals surface area contributed by atoms with Crippen LogP contribution in [0.5, 0.6) is 5.75 Å². The Morgan fingerprint density at radius 1 is 1.53 bits per heavy atom. The van der Waals surface area contributed by atoms with Crippen LogP contribution in [0.25, 0.3) is 0 Å². The second kappa shape index (κ2) is 5.27. The number of carbonyl (C=O) groups excluding carboxylic acids is 1. The first-order valence-electron chi connectivity index (χ1n) is 6.01. The van der Waals surface area contributed by atoms with E-state index in [1.807, 2.05) is 17.5 Å². The van der Waals surface area contributed by atoms with Gasteiger partial charge in [-0.15, -0.1) is 11.3 Å². The quantitative estimate of drug-likeness (QED) is 0.897. The molecule has 0 bridgehead atoms. The third kappa shape index (κ3) is 2.53. The Bertz CT molecular complexity index is 584. The van der Waals surface area contributed by atoms with Crippen LogP contribution in [-0.4, -0.2) is 24.0 Å². The topological polar surface area (TPSA) is 63.2 Å². The summed E-state index contributed by atoms with van der Waals surface area (Å²) in [4.78, 5) is 16.3. The number of carbonyl (C=O) groups is 1. The predicted octanol–water partition coefficient (Wildman–Crippen LogP) is 1.88. The van der Waals surface area contributed by atoms with Crippen LogP contribution in [0.3, 0.4) is 0 Å². The Morgan fingerprint density at radius 3 is 3.32 bits per heavy atom. The summed E-state index contributed by atoms with van der Waals surface area (Å²) in [6, 6.07) is 5.52. The molecule has 0 atom stereocenters. The number of thiazole rings is 1. The molecule has 2 heterocycles. The number of hydrogen-bond donors (Lipinski definition) is 2. The van der Waals surface area contributed by atoms with Gasteiger partial charge in [-0.25, -0.2) is 4.98 Å². The molecule has 1 aliphatic heterocycles. The highest BCUT2D eigenvalue weighted by atomic mass is 32.1. The van der Waals surface area contributed by atoms with Gasteiger partial charge in [-0.2, -0.15) is 0 Å². The zero-order valence-electron chi connectivity index (χ0n) is 10.2. The lowest BCUT2D eigenvalue weighted by atomic mass is 10.1. The molecule has 0 saturated heterocycles. The molecule has 0 unspecified atom stereocenters. The first kappa shape index (κ1) is 12.0. The monoisotopic (exact) mass is 275 g/mol. The smallest absolute Gasteiger partial charge is 0.255 e. The number of para-hydroxylation sites is 1. The van der Waals surface area contributed by atoms with E-state index in [1.54, 1.807) is 12.3 Å². The second-order valence-electron chi connectivity index (χ2n) is 4.07. The normalized spacial score (nSPS) is 13.1. The molecule has 5 nitrogen and oxygen atoms in total. The largest absolute Gasteiger partial charge is 0.489 e. The number of anilines is 1. The molecule has 3 rings (SSSR count). The minimum absolute atomic E-state index is 0.143. The highest BCUT2D eigenvalue weighted by Crippen LogP contribution is 2.31. The maximum atomic E-state index is 12.2. The first-order chi connectivity index (χ1) is 9.34. The maximum Gasteiger partial charge on any atom is 0.255 e. The van der Waals surface area contributed by atoms with Gasteiger partial charge < -0.3 is 15.4 Å². The Hall–Kier alpha value is -2.08. The van der Waals surface area contributed by atoms with Crippen LogP contribution in [0.15, 0.2) is 29.8 Å². The van der Waals surface area contributed by atoms with Crippen LogP contribution >= 0.6 is 11.3 Å². The molecule has 0 saturated carbocycles. The van der Waals surface area contributed by atoms with Gasteiger partial charge in [0.05, 0.1) is 17.8 Å². The lowest BCUT2D eigenvalue weighted by Crippen LogP contribution is -2.26. The Labute approximate surface area is 114 Å². The lowest BCUT2D eigenvalue weighted by Gasteiger charge is -2.21. The molecule has 6 heteroatoms. The summed E-state index contributed by atoms with van der Waals surface area (Å²) in [6.07, 6.45) is 1.73. The van der Waals surface area contributed by atoms with Crippen LogP contribution in [0.1, 0.15) is 15.4 Å². The van der Waals surface area contributed by atoms with Crippen molar-refractivity contribution in [3.05, 3.63) is 40.3 Å². The van der Waals surface area contributed by atoms with E-state index in [2.05, 4.69) is 15.6 Å². The highest BCUT2D eigenvalue weighted by Gasteiger charge is 2.18. The van der Waals surface area contributed by atoms with E-state index in [1.165, 1.54) is 11.3 Å². The summed E-state index contributed by atoms with van der Waals surface area (Å²) in [5, 5.41) is 8.84. The molecule has 2 N–H and O–H groups in total. The van der Waals surface area contributed by atoms with Gasteiger partial charge in [0.1, 0.15) is 11.6 Å². The Morgan fingerprint density at radius 2 is 2.47 bits per heavy atom. The van der Waals surface area contributed by atoms with Crippen LogP contribution in [0.4, 0.5) is 5.69 Å². The van der Waals surface area contributed by atoms with Crippen molar-refractivity contribution in [1.82, 2.24) is 10.3 Å². The number of amides is 1. The summed E-state index contributed by atoms with van der Waals surface area (Å²) in [5.41, 5.74) is 1.43. The van der Waals surface area contributed by atoms with Crippen molar-refractivity contribution < 1.29 is 9.53 Å². The van der Waals surface area contributed by atoms with Gasteiger partial charge in [-0.3, -0.25) is 4.79 Å². The van der Waals surface area contributed by atoms with E-state index in [9.17, 15) is 4.79 Å². The molecule has 1 aliphatic rings. The zero-order valence-corrected chi connectivity index (χ0v) is 11.0. The van der Waals surface area contributed by atoms with Crippen molar-refractivity contribution in [1.29, 1.82) is 0 Å². The minimum atomic E-state index is -0.143. The molecule has 19 heavy (non-hydrogen) atoms. The Balaban J connectivity index is 1.76.